The van der Waals surface area contributed by atoms with Gasteiger partial charge in [-0.3, -0.25) is 0 Å². The first-order chi connectivity index (χ1) is 8.15. The van der Waals surface area contributed by atoms with E-state index < -0.39 is 0 Å². The summed E-state index contributed by atoms with van der Waals surface area (Å²) in [5.41, 5.74) is 0. The third kappa shape index (κ3) is 5.27. The third-order valence-corrected chi connectivity index (χ3v) is 2.82. The summed E-state index contributed by atoms with van der Waals surface area (Å²) in [6.45, 7) is 2.24. The Bertz CT molecular complexity index is 364. The second kappa shape index (κ2) is 7.95. The van der Waals surface area contributed by atoms with Crippen molar-refractivity contribution in [1.29, 1.82) is 0 Å². The molecule has 0 spiro atoms. The second-order valence-electron chi connectivity index (χ2n) is 3.12. The molecule has 0 bridgehead atoms. The molecule has 4 nitrogen and oxygen atoms in total. The maximum absolute atomic E-state index is 5.94. The Morgan fingerprint density at radius 2 is 1.94 bits per heavy atom. The summed E-state index contributed by atoms with van der Waals surface area (Å²) in [6.07, 6.45) is 0. The number of pyridine rings is 1. The Morgan fingerprint density at radius 1 is 1.18 bits per heavy atom. The van der Waals surface area contributed by atoms with Gasteiger partial charge >= 0.3 is 0 Å². The molecule has 1 N–H and O–H groups in total. The average molecular weight is 300 g/mol. The highest BCUT2D eigenvalue weighted by atomic mass is 35.5. The van der Waals surface area contributed by atoms with Crippen LogP contribution in [0, 0.1) is 0 Å². The fourth-order valence-corrected chi connectivity index (χ4v) is 1.62. The minimum absolute atomic E-state index is 0.221. The molecular formula is C10H13Cl3N2O2. The summed E-state index contributed by atoms with van der Waals surface area (Å²) in [5, 5.41) is 3.99. The van der Waals surface area contributed by atoms with Crippen LogP contribution in [0.15, 0.2) is 6.07 Å². The summed E-state index contributed by atoms with van der Waals surface area (Å²) in [7, 11) is 1.63. The smallest absolute Gasteiger partial charge is 0.150 e. The number of hydrogen-bond acceptors (Lipinski definition) is 4. The van der Waals surface area contributed by atoms with Crippen LogP contribution in [0.25, 0.3) is 0 Å². The molecule has 0 atom stereocenters. The first kappa shape index (κ1) is 14.8. The highest BCUT2D eigenvalue weighted by molar-refractivity contribution is 6.42. The minimum Gasteiger partial charge on any atom is -0.382 e. The van der Waals surface area contributed by atoms with Gasteiger partial charge in [-0.2, -0.15) is 0 Å². The van der Waals surface area contributed by atoms with Gasteiger partial charge in [0.1, 0.15) is 11.0 Å². The second-order valence-corrected chi connectivity index (χ2v) is 4.30. The number of ether oxygens (including phenoxy) is 2. The van der Waals surface area contributed by atoms with Gasteiger partial charge < -0.3 is 14.8 Å². The molecule has 7 heteroatoms. The van der Waals surface area contributed by atoms with Crippen molar-refractivity contribution in [1.82, 2.24) is 4.98 Å². The van der Waals surface area contributed by atoms with Crippen molar-refractivity contribution in [3.63, 3.8) is 0 Å². The molecule has 0 aliphatic carbocycles. The van der Waals surface area contributed by atoms with Crippen LogP contribution in [0.1, 0.15) is 0 Å². The van der Waals surface area contributed by atoms with Crippen molar-refractivity contribution in [3.05, 3.63) is 21.3 Å². The van der Waals surface area contributed by atoms with Crippen LogP contribution in [-0.4, -0.2) is 38.5 Å². The van der Waals surface area contributed by atoms with Crippen LogP contribution in [0.5, 0.6) is 0 Å². The van der Waals surface area contributed by atoms with E-state index in [1.165, 1.54) is 0 Å². The molecule has 0 amide bonds. The van der Waals surface area contributed by atoms with Gasteiger partial charge in [0.25, 0.3) is 0 Å². The molecule has 1 aromatic rings. The van der Waals surface area contributed by atoms with E-state index in [2.05, 4.69) is 10.3 Å². The van der Waals surface area contributed by atoms with Crippen molar-refractivity contribution in [2.45, 2.75) is 0 Å². The van der Waals surface area contributed by atoms with E-state index in [1.54, 1.807) is 13.2 Å². The zero-order valence-electron chi connectivity index (χ0n) is 9.30. The van der Waals surface area contributed by atoms with E-state index in [1.807, 2.05) is 0 Å². The maximum atomic E-state index is 5.94. The number of anilines is 1. The van der Waals surface area contributed by atoms with Crippen LogP contribution >= 0.6 is 34.8 Å². The van der Waals surface area contributed by atoms with Crippen LogP contribution in [0.4, 0.5) is 5.82 Å². The van der Waals surface area contributed by atoms with E-state index in [9.17, 15) is 0 Å². The van der Waals surface area contributed by atoms with E-state index in [0.717, 1.165) is 0 Å². The normalized spacial score (nSPS) is 10.6. The van der Waals surface area contributed by atoms with Crippen molar-refractivity contribution in [3.8, 4) is 0 Å². The first-order valence-corrected chi connectivity index (χ1v) is 6.10. The summed E-state index contributed by atoms with van der Waals surface area (Å²) in [5.74, 6) is 0.497. The zero-order valence-corrected chi connectivity index (χ0v) is 11.6. The van der Waals surface area contributed by atoms with Gasteiger partial charge in [-0.25, -0.2) is 4.98 Å². The van der Waals surface area contributed by atoms with Gasteiger partial charge in [-0.15, -0.1) is 0 Å². The standard InChI is InChI=1S/C10H13Cl3N2O2/c1-16-4-5-17-3-2-14-10-8(12)6-7(11)9(13)15-10/h6H,2-5H2,1H3,(H,14,15). The molecule has 0 radical (unpaired) electrons. The van der Waals surface area contributed by atoms with Crippen LogP contribution in [0.3, 0.4) is 0 Å². The van der Waals surface area contributed by atoms with Gasteiger partial charge in [0, 0.05) is 13.7 Å². The Hall–Kier alpha value is -0.260. The number of hydrogen-bond donors (Lipinski definition) is 1. The largest absolute Gasteiger partial charge is 0.382 e. The molecule has 0 aromatic carbocycles. The molecule has 0 saturated carbocycles. The number of methoxy groups -OCH3 is 1. The summed E-state index contributed by atoms with van der Waals surface area (Å²) >= 11 is 17.5. The Morgan fingerprint density at radius 3 is 2.65 bits per heavy atom. The Labute approximate surface area is 115 Å². The third-order valence-electron chi connectivity index (χ3n) is 1.86. The van der Waals surface area contributed by atoms with E-state index in [-0.39, 0.29) is 5.15 Å². The molecule has 17 heavy (non-hydrogen) atoms. The number of nitrogens with zero attached hydrogens (tertiary/aromatic N) is 1. The summed E-state index contributed by atoms with van der Waals surface area (Å²) in [6, 6.07) is 1.55. The summed E-state index contributed by atoms with van der Waals surface area (Å²) < 4.78 is 10.1. The lowest BCUT2D eigenvalue weighted by atomic mass is 10.4. The van der Waals surface area contributed by atoms with Gasteiger partial charge in [-0.05, 0) is 6.07 Å². The SMILES string of the molecule is COCCOCCNc1nc(Cl)c(Cl)cc1Cl. The van der Waals surface area contributed by atoms with Gasteiger partial charge in [0.15, 0.2) is 0 Å². The molecule has 1 rings (SSSR count). The highest BCUT2D eigenvalue weighted by Crippen LogP contribution is 2.28. The molecular weight excluding hydrogens is 286 g/mol. The molecule has 96 valence electrons. The summed E-state index contributed by atoms with van der Waals surface area (Å²) in [4.78, 5) is 4.02. The van der Waals surface area contributed by atoms with Gasteiger partial charge in [0.05, 0.1) is 29.9 Å². The lowest BCUT2D eigenvalue weighted by molar-refractivity contribution is 0.0759. The Balaban J connectivity index is 2.34. The lowest BCUT2D eigenvalue weighted by Gasteiger charge is -2.09. The molecule has 0 aliphatic rings. The first-order valence-electron chi connectivity index (χ1n) is 4.97. The van der Waals surface area contributed by atoms with Crippen LogP contribution in [0.2, 0.25) is 15.2 Å². The predicted octanol–water partition coefficient (Wildman–Crippen LogP) is 3.12. The van der Waals surface area contributed by atoms with Gasteiger partial charge in [-0.1, -0.05) is 34.8 Å². The zero-order chi connectivity index (χ0) is 12.7. The monoisotopic (exact) mass is 298 g/mol. The molecule has 0 saturated heterocycles. The average Bonchev–Trinajstić information content (AvgIpc) is 2.30. The predicted molar refractivity (Wildman–Crippen MR) is 70.5 cm³/mol. The van der Waals surface area contributed by atoms with Crippen molar-refractivity contribution < 1.29 is 9.47 Å². The fraction of sp³-hybridized carbons (Fsp3) is 0.500. The minimum atomic E-state index is 0.221. The number of aromatic nitrogens is 1. The van der Waals surface area contributed by atoms with Crippen LogP contribution < -0.4 is 5.32 Å². The van der Waals surface area contributed by atoms with E-state index >= 15 is 0 Å². The number of rotatable bonds is 7. The van der Waals surface area contributed by atoms with E-state index in [4.69, 9.17) is 44.3 Å². The molecule has 0 aliphatic heterocycles. The van der Waals surface area contributed by atoms with Crippen LogP contribution in [-0.2, 0) is 9.47 Å². The van der Waals surface area contributed by atoms with Crippen molar-refractivity contribution in [2.75, 3.05) is 38.8 Å². The quantitative estimate of drug-likeness (QED) is 0.620. The molecule has 0 fully saturated rings. The number of halogens is 3. The van der Waals surface area contributed by atoms with Gasteiger partial charge in [0.2, 0.25) is 0 Å². The highest BCUT2D eigenvalue weighted by Gasteiger charge is 2.06. The molecule has 1 heterocycles. The number of nitrogens with one attached hydrogen (secondary N) is 1. The van der Waals surface area contributed by atoms with Crippen molar-refractivity contribution >= 4 is 40.6 Å². The topological polar surface area (TPSA) is 43.4 Å². The molecule has 1 aromatic heterocycles. The Kier molecular flexibility index (Phi) is 6.92. The van der Waals surface area contributed by atoms with Crippen molar-refractivity contribution in [2.24, 2.45) is 0 Å². The lowest BCUT2D eigenvalue weighted by Crippen LogP contribution is -2.13. The molecule has 0 unspecified atom stereocenters. The fourth-order valence-electron chi connectivity index (χ4n) is 1.05. The maximum Gasteiger partial charge on any atom is 0.150 e. The van der Waals surface area contributed by atoms with E-state index in [0.29, 0.717) is 42.2 Å².